The van der Waals surface area contributed by atoms with Gasteiger partial charge in [-0.15, -0.1) is 12.4 Å². The smallest absolute Gasteiger partial charge is 0.0551 e. The molecule has 0 amide bonds. The van der Waals surface area contributed by atoms with Gasteiger partial charge in [-0.05, 0) is 46.5 Å². The second kappa shape index (κ2) is 3.77. The lowest BCUT2D eigenvalue weighted by atomic mass is 10.1. The molecule has 2 N–H and O–H groups in total. The minimum atomic E-state index is -0.0790. The highest BCUT2D eigenvalue weighted by atomic mass is 79.9. The van der Waals surface area contributed by atoms with E-state index < -0.39 is 0 Å². The summed E-state index contributed by atoms with van der Waals surface area (Å²) in [6.45, 7) is 0. The Morgan fingerprint density at radius 1 is 1.38 bits per heavy atom. The number of benzene rings is 1. The van der Waals surface area contributed by atoms with Crippen LogP contribution in [-0.2, 0) is 5.54 Å². The third-order valence-corrected chi connectivity index (χ3v) is 3.52. The van der Waals surface area contributed by atoms with Crippen LogP contribution in [0.1, 0.15) is 18.4 Å². The van der Waals surface area contributed by atoms with Crippen LogP contribution in [0.4, 0.5) is 0 Å². The van der Waals surface area contributed by atoms with Crippen molar-refractivity contribution in [3.63, 3.8) is 0 Å². The first kappa shape index (κ1) is 11.3. The third-order valence-electron chi connectivity index (χ3n) is 2.28. The fourth-order valence-electron chi connectivity index (χ4n) is 1.23. The lowest BCUT2D eigenvalue weighted by Crippen LogP contribution is -2.18. The van der Waals surface area contributed by atoms with Crippen LogP contribution in [-0.4, -0.2) is 0 Å². The normalized spacial score (nSPS) is 17.8. The van der Waals surface area contributed by atoms with Crippen LogP contribution in [0.3, 0.4) is 0 Å². The van der Waals surface area contributed by atoms with Gasteiger partial charge in [-0.1, -0.05) is 17.7 Å². The summed E-state index contributed by atoms with van der Waals surface area (Å²) in [5, 5.41) is 0.740. The Kier molecular flexibility index (Phi) is 3.29. The number of halogens is 3. The van der Waals surface area contributed by atoms with Gasteiger partial charge in [-0.25, -0.2) is 0 Å². The molecule has 1 fully saturated rings. The predicted molar refractivity (Wildman–Crippen MR) is 61.5 cm³/mol. The summed E-state index contributed by atoms with van der Waals surface area (Å²) in [5.74, 6) is 0. The summed E-state index contributed by atoms with van der Waals surface area (Å²) < 4.78 is 0.928. The Hall–Kier alpha value is 0.240. The standard InChI is InChI=1S/C9H9BrClN.ClH/c10-7-2-1-6(5-8(7)11)9(12)3-4-9;/h1-2,5H,3-4,12H2;1H. The molecule has 2 rings (SSSR count). The first-order valence-electron chi connectivity index (χ1n) is 3.86. The molecule has 0 aromatic heterocycles. The van der Waals surface area contributed by atoms with Crippen molar-refractivity contribution in [3.05, 3.63) is 33.3 Å². The van der Waals surface area contributed by atoms with Crippen LogP contribution < -0.4 is 5.73 Å². The van der Waals surface area contributed by atoms with E-state index in [4.69, 9.17) is 17.3 Å². The lowest BCUT2D eigenvalue weighted by Gasteiger charge is -2.09. The van der Waals surface area contributed by atoms with Crippen LogP contribution in [0.2, 0.25) is 5.02 Å². The molecule has 0 unspecified atom stereocenters. The fraction of sp³-hybridized carbons (Fsp3) is 0.333. The Morgan fingerprint density at radius 2 is 2.00 bits per heavy atom. The molecule has 13 heavy (non-hydrogen) atoms. The van der Waals surface area contributed by atoms with Crippen molar-refractivity contribution in [2.75, 3.05) is 0 Å². The van der Waals surface area contributed by atoms with Crippen molar-refractivity contribution in [1.29, 1.82) is 0 Å². The van der Waals surface area contributed by atoms with Crippen LogP contribution in [0.5, 0.6) is 0 Å². The van der Waals surface area contributed by atoms with Gasteiger partial charge in [0.05, 0.1) is 5.02 Å². The molecule has 1 saturated carbocycles. The van der Waals surface area contributed by atoms with E-state index >= 15 is 0 Å². The Bertz CT molecular complexity index is 323. The second-order valence-electron chi connectivity index (χ2n) is 3.29. The fourth-order valence-corrected chi connectivity index (χ4v) is 1.66. The summed E-state index contributed by atoms with van der Waals surface area (Å²) in [5.41, 5.74) is 7.08. The maximum absolute atomic E-state index is 6.01. The Morgan fingerprint density at radius 3 is 2.46 bits per heavy atom. The molecule has 1 aliphatic carbocycles. The lowest BCUT2D eigenvalue weighted by molar-refractivity contribution is 0.740. The van der Waals surface area contributed by atoms with E-state index in [1.165, 1.54) is 0 Å². The molecule has 4 heteroatoms. The van der Waals surface area contributed by atoms with Crippen LogP contribution in [0, 0.1) is 0 Å². The van der Waals surface area contributed by atoms with Crippen molar-refractivity contribution >= 4 is 39.9 Å². The van der Waals surface area contributed by atoms with E-state index in [9.17, 15) is 0 Å². The van der Waals surface area contributed by atoms with E-state index in [-0.39, 0.29) is 17.9 Å². The maximum Gasteiger partial charge on any atom is 0.0551 e. The van der Waals surface area contributed by atoms with Gasteiger partial charge >= 0.3 is 0 Å². The quantitative estimate of drug-likeness (QED) is 0.839. The van der Waals surface area contributed by atoms with Gasteiger partial charge in [0, 0.05) is 10.0 Å². The third kappa shape index (κ3) is 2.18. The molecule has 0 saturated heterocycles. The van der Waals surface area contributed by atoms with E-state index in [0.717, 1.165) is 27.9 Å². The van der Waals surface area contributed by atoms with Gasteiger partial charge < -0.3 is 5.73 Å². The molecule has 1 aliphatic rings. The average Bonchev–Trinajstić information content (AvgIpc) is 2.75. The van der Waals surface area contributed by atoms with Gasteiger partial charge in [0.15, 0.2) is 0 Å². The zero-order chi connectivity index (χ0) is 8.77. The van der Waals surface area contributed by atoms with E-state index in [2.05, 4.69) is 15.9 Å². The highest BCUT2D eigenvalue weighted by Gasteiger charge is 2.39. The first-order valence-corrected chi connectivity index (χ1v) is 5.03. The molecule has 0 aliphatic heterocycles. The van der Waals surface area contributed by atoms with Crippen molar-refractivity contribution in [2.24, 2.45) is 5.73 Å². The van der Waals surface area contributed by atoms with Crippen molar-refractivity contribution in [2.45, 2.75) is 18.4 Å². The molecule has 1 aromatic rings. The van der Waals surface area contributed by atoms with Gasteiger partial charge in [0.1, 0.15) is 0 Å². The first-order chi connectivity index (χ1) is 5.62. The summed E-state index contributed by atoms with van der Waals surface area (Å²) >= 11 is 9.29. The molecule has 0 atom stereocenters. The van der Waals surface area contributed by atoms with Crippen LogP contribution in [0.25, 0.3) is 0 Å². The topological polar surface area (TPSA) is 26.0 Å². The number of rotatable bonds is 1. The molecular formula is C9H10BrCl2N. The van der Waals surface area contributed by atoms with Gasteiger partial charge in [0.25, 0.3) is 0 Å². The highest BCUT2D eigenvalue weighted by Crippen LogP contribution is 2.43. The summed E-state index contributed by atoms with van der Waals surface area (Å²) in [6, 6.07) is 5.92. The number of nitrogens with two attached hydrogens (primary N) is 1. The second-order valence-corrected chi connectivity index (χ2v) is 4.55. The predicted octanol–water partition coefficient (Wildman–Crippen LogP) is 3.47. The van der Waals surface area contributed by atoms with Crippen LogP contribution in [0.15, 0.2) is 22.7 Å². The SMILES string of the molecule is Cl.NC1(c2ccc(Br)c(Cl)c2)CC1. The Labute approximate surface area is 97.2 Å². The van der Waals surface area contributed by atoms with Gasteiger partial charge in [-0.3, -0.25) is 0 Å². The highest BCUT2D eigenvalue weighted by molar-refractivity contribution is 9.10. The summed E-state index contributed by atoms with van der Waals surface area (Å²) in [7, 11) is 0. The Balaban J connectivity index is 0.000000845. The molecule has 0 heterocycles. The van der Waals surface area contributed by atoms with Gasteiger partial charge in [0.2, 0.25) is 0 Å². The van der Waals surface area contributed by atoms with Crippen molar-refractivity contribution in [3.8, 4) is 0 Å². The number of hydrogen-bond donors (Lipinski definition) is 1. The molecule has 1 aromatic carbocycles. The summed E-state index contributed by atoms with van der Waals surface area (Å²) in [4.78, 5) is 0. The number of hydrogen-bond acceptors (Lipinski definition) is 1. The van der Waals surface area contributed by atoms with Crippen molar-refractivity contribution < 1.29 is 0 Å². The van der Waals surface area contributed by atoms with E-state index in [1.807, 2.05) is 18.2 Å². The van der Waals surface area contributed by atoms with E-state index in [1.54, 1.807) is 0 Å². The largest absolute Gasteiger partial charge is 0.321 e. The van der Waals surface area contributed by atoms with Crippen LogP contribution >= 0.6 is 39.9 Å². The minimum absolute atomic E-state index is 0. The molecule has 0 radical (unpaired) electrons. The monoisotopic (exact) mass is 281 g/mol. The minimum Gasteiger partial charge on any atom is -0.321 e. The van der Waals surface area contributed by atoms with Crippen molar-refractivity contribution in [1.82, 2.24) is 0 Å². The molecular weight excluding hydrogens is 273 g/mol. The zero-order valence-electron chi connectivity index (χ0n) is 6.89. The molecule has 1 nitrogen and oxygen atoms in total. The summed E-state index contributed by atoms with van der Waals surface area (Å²) in [6.07, 6.45) is 2.15. The van der Waals surface area contributed by atoms with E-state index in [0.29, 0.717) is 0 Å². The molecule has 72 valence electrons. The molecule has 0 spiro atoms. The zero-order valence-corrected chi connectivity index (χ0v) is 10.0. The molecule has 0 bridgehead atoms. The maximum atomic E-state index is 6.01. The van der Waals surface area contributed by atoms with Gasteiger partial charge in [-0.2, -0.15) is 0 Å². The average molecular weight is 283 g/mol.